The quantitative estimate of drug-likeness (QED) is 0.465. The van der Waals surface area contributed by atoms with Gasteiger partial charge >= 0.3 is 5.97 Å². The predicted octanol–water partition coefficient (Wildman–Crippen LogP) is 1.48. The number of unbranched alkanes of at least 4 members (excludes halogenated alkanes) is 1. The van der Waals surface area contributed by atoms with Gasteiger partial charge in [0.2, 0.25) is 0 Å². The molecule has 0 saturated heterocycles. The maximum atomic E-state index is 12.8. The van der Waals surface area contributed by atoms with Crippen LogP contribution in [0, 0.1) is 5.82 Å². The van der Waals surface area contributed by atoms with Crippen LogP contribution in [-0.4, -0.2) is 25.0 Å². The Hall–Kier alpha value is -2.11. The number of nitrogen functional groups attached to an aromatic ring is 1. The van der Waals surface area contributed by atoms with Crippen LogP contribution < -0.4 is 11.1 Å². The number of amides is 1. The number of rotatable bonds is 6. The lowest BCUT2D eigenvalue weighted by Gasteiger charge is -2.07. The highest BCUT2D eigenvalue weighted by Crippen LogP contribution is 2.14. The third kappa shape index (κ3) is 4.95. The van der Waals surface area contributed by atoms with E-state index in [-0.39, 0.29) is 23.8 Å². The number of benzene rings is 1. The molecule has 104 valence electrons. The molecule has 6 heteroatoms. The Labute approximate surface area is 110 Å². The fourth-order valence-corrected chi connectivity index (χ4v) is 1.38. The summed E-state index contributed by atoms with van der Waals surface area (Å²) in [5.41, 5.74) is 5.51. The van der Waals surface area contributed by atoms with E-state index in [1.54, 1.807) is 0 Å². The Morgan fingerprint density at radius 2 is 2.16 bits per heavy atom. The number of anilines is 1. The van der Waals surface area contributed by atoms with Gasteiger partial charge < -0.3 is 15.8 Å². The van der Waals surface area contributed by atoms with Crippen LogP contribution in [0.25, 0.3) is 0 Å². The van der Waals surface area contributed by atoms with E-state index >= 15 is 0 Å². The second-order valence-corrected chi connectivity index (χ2v) is 4.01. The van der Waals surface area contributed by atoms with Crippen LogP contribution in [0.3, 0.4) is 0 Å². The van der Waals surface area contributed by atoms with Crippen molar-refractivity contribution in [1.29, 1.82) is 0 Å². The van der Waals surface area contributed by atoms with E-state index < -0.39 is 11.8 Å². The van der Waals surface area contributed by atoms with Gasteiger partial charge in [0.05, 0.1) is 5.56 Å². The average Bonchev–Trinajstić information content (AvgIpc) is 2.36. The Balaban J connectivity index is 2.45. The summed E-state index contributed by atoms with van der Waals surface area (Å²) in [6.45, 7) is 2.18. The highest BCUT2D eigenvalue weighted by atomic mass is 19.1. The number of nitrogens with one attached hydrogen (secondary N) is 1. The summed E-state index contributed by atoms with van der Waals surface area (Å²) in [6.07, 6.45) is 1.83. The Morgan fingerprint density at radius 1 is 1.42 bits per heavy atom. The molecule has 3 N–H and O–H groups in total. The summed E-state index contributed by atoms with van der Waals surface area (Å²) in [4.78, 5) is 22.9. The normalized spacial score (nSPS) is 10.0. The van der Waals surface area contributed by atoms with Crippen molar-refractivity contribution in [3.63, 3.8) is 0 Å². The zero-order chi connectivity index (χ0) is 14.3. The average molecular weight is 268 g/mol. The second kappa shape index (κ2) is 7.35. The highest BCUT2D eigenvalue weighted by Gasteiger charge is 2.13. The molecule has 0 atom stereocenters. The number of nitrogens with two attached hydrogens (primary N) is 1. The van der Waals surface area contributed by atoms with Crippen molar-refractivity contribution < 1.29 is 18.7 Å². The molecule has 1 aromatic rings. The third-order valence-corrected chi connectivity index (χ3v) is 2.42. The molecular weight excluding hydrogens is 251 g/mol. The molecule has 0 fully saturated rings. The Morgan fingerprint density at radius 3 is 2.79 bits per heavy atom. The second-order valence-electron chi connectivity index (χ2n) is 4.01. The number of hydrogen-bond donors (Lipinski definition) is 2. The molecule has 0 unspecified atom stereocenters. The number of hydrogen-bond acceptors (Lipinski definition) is 4. The molecule has 0 heterocycles. The number of ether oxygens (including phenoxy) is 1. The van der Waals surface area contributed by atoms with Crippen molar-refractivity contribution in [3.05, 3.63) is 29.6 Å². The van der Waals surface area contributed by atoms with Crippen molar-refractivity contribution in [1.82, 2.24) is 5.32 Å². The zero-order valence-corrected chi connectivity index (χ0v) is 10.7. The molecule has 0 bridgehead atoms. The van der Waals surface area contributed by atoms with Crippen molar-refractivity contribution in [2.75, 3.05) is 18.9 Å². The lowest BCUT2D eigenvalue weighted by molar-refractivity contribution is -0.124. The molecule has 0 saturated carbocycles. The maximum Gasteiger partial charge on any atom is 0.340 e. The van der Waals surface area contributed by atoms with Crippen molar-refractivity contribution >= 4 is 17.6 Å². The van der Waals surface area contributed by atoms with Gasteiger partial charge in [-0.25, -0.2) is 9.18 Å². The summed E-state index contributed by atoms with van der Waals surface area (Å²) in [6, 6.07) is 3.36. The van der Waals surface area contributed by atoms with E-state index in [0.29, 0.717) is 6.54 Å². The van der Waals surface area contributed by atoms with Gasteiger partial charge in [-0.3, -0.25) is 4.79 Å². The molecule has 0 aliphatic carbocycles. The largest absolute Gasteiger partial charge is 0.452 e. The van der Waals surface area contributed by atoms with Gasteiger partial charge in [0.25, 0.3) is 5.91 Å². The lowest BCUT2D eigenvalue weighted by Crippen LogP contribution is -2.29. The van der Waals surface area contributed by atoms with Crippen LogP contribution >= 0.6 is 0 Å². The van der Waals surface area contributed by atoms with Gasteiger partial charge in [-0.05, 0) is 24.6 Å². The van der Waals surface area contributed by atoms with Crippen molar-refractivity contribution in [2.24, 2.45) is 0 Å². The minimum atomic E-state index is -0.747. The lowest BCUT2D eigenvalue weighted by atomic mass is 10.2. The zero-order valence-electron chi connectivity index (χ0n) is 10.7. The predicted molar refractivity (Wildman–Crippen MR) is 69.0 cm³/mol. The number of halogens is 1. The van der Waals surface area contributed by atoms with Gasteiger partial charge in [-0.2, -0.15) is 0 Å². The van der Waals surface area contributed by atoms with E-state index in [0.717, 1.165) is 25.0 Å². The van der Waals surface area contributed by atoms with Crippen LogP contribution in [0.1, 0.15) is 30.1 Å². The number of carbonyl (C=O) groups excluding carboxylic acids is 2. The number of esters is 1. The van der Waals surface area contributed by atoms with E-state index in [1.807, 2.05) is 6.92 Å². The standard InChI is InChI=1S/C13H17FN2O3/c1-2-3-6-16-12(17)8-19-13(18)10-5-4-9(14)7-11(10)15/h4-5,7H,2-3,6,8,15H2,1H3,(H,16,17). The van der Waals surface area contributed by atoms with Crippen LogP contribution in [-0.2, 0) is 9.53 Å². The maximum absolute atomic E-state index is 12.8. The van der Waals surface area contributed by atoms with E-state index in [9.17, 15) is 14.0 Å². The Bertz CT molecular complexity index is 463. The summed E-state index contributed by atoms with van der Waals surface area (Å²) in [7, 11) is 0. The molecule has 1 amide bonds. The smallest absolute Gasteiger partial charge is 0.340 e. The molecule has 19 heavy (non-hydrogen) atoms. The summed E-state index contributed by atoms with van der Waals surface area (Å²) in [5, 5.41) is 2.61. The molecular formula is C13H17FN2O3. The summed E-state index contributed by atoms with van der Waals surface area (Å²) >= 11 is 0. The third-order valence-electron chi connectivity index (χ3n) is 2.42. The SMILES string of the molecule is CCCCNC(=O)COC(=O)c1ccc(F)cc1N. The van der Waals surface area contributed by atoms with Gasteiger partial charge in [0, 0.05) is 12.2 Å². The van der Waals surface area contributed by atoms with Crippen LogP contribution in [0.5, 0.6) is 0 Å². The summed E-state index contributed by atoms with van der Waals surface area (Å²) in [5.74, 6) is -1.66. The summed E-state index contributed by atoms with van der Waals surface area (Å²) < 4.78 is 17.6. The first-order chi connectivity index (χ1) is 9.04. The van der Waals surface area contributed by atoms with Crippen LogP contribution in [0.4, 0.5) is 10.1 Å². The molecule has 1 rings (SSSR count). The molecule has 0 aliphatic rings. The highest BCUT2D eigenvalue weighted by molar-refractivity contribution is 5.96. The van der Waals surface area contributed by atoms with Crippen LogP contribution in [0.2, 0.25) is 0 Å². The topological polar surface area (TPSA) is 81.4 Å². The molecule has 5 nitrogen and oxygen atoms in total. The fourth-order valence-electron chi connectivity index (χ4n) is 1.38. The molecule has 0 spiro atoms. The van der Waals surface area contributed by atoms with E-state index in [1.165, 1.54) is 6.07 Å². The Kier molecular flexibility index (Phi) is 5.78. The first-order valence-electron chi connectivity index (χ1n) is 6.03. The minimum Gasteiger partial charge on any atom is -0.452 e. The van der Waals surface area contributed by atoms with Crippen LogP contribution in [0.15, 0.2) is 18.2 Å². The first-order valence-corrected chi connectivity index (χ1v) is 6.03. The first kappa shape index (κ1) is 14.9. The molecule has 0 aliphatic heterocycles. The van der Waals surface area contributed by atoms with E-state index in [4.69, 9.17) is 10.5 Å². The molecule has 0 aromatic heterocycles. The van der Waals surface area contributed by atoms with Gasteiger partial charge in [0.15, 0.2) is 6.61 Å². The van der Waals surface area contributed by atoms with Gasteiger partial charge in [-0.1, -0.05) is 13.3 Å². The van der Waals surface area contributed by atoms with Gasteiger partial charge in [-0.15, -0.1) is 0 Å². The van der Waals surface area contributed by atoms with Gasteiger partial charge in [0.1, 0.15) is 5.82 Å². The number of carbonyl (C=O) groups is 2. The van der Waals surface area contributed by atoms with E-state index in [2.05, 4.69) is 5.32 Å². The molecule has 0 radical (unpaired) electrons. The minimum absolute atomic E-state index is 0.0172. The van der Waals surface area contributed by atoms with Crippen molar-refractivity contribution in [3.8, 4) is 0 Å². The molecule has 1 aromatic carbocycles. The van der Waals surface area contributed by atoms with Crippen molar-refractivity contribution in [2.45, 2.75) is 19.8 Å². The monoisotopic (exact) mass is 268 g/mol. The fraction of sp³-hybridized carbons (Fsp3) is 0.385.